The van der Waals surface area contributed by atoms with Gasteiger partial charge in [0, 0.05) is 11.9 Å². The van der Waals surface area contributed by atoms with Gasteiger partial charge in [0.2, 0.25) is 0 Å². The number of hydrogen-bond donors (Lipinski definition) is 2. The highest BCUT2D eigenvalue weighted by Crippen LogP contribution is 2.36. The van der Waals surface area contributed by atoms with E-state index in [0.717, 1.165) is 6.26 Å². The molecule has 1 aromatic rings. The second kappa shape index (κ2) is 4.24. The Morgan fingerprint density at radius 2 is 2.06 bits per heavy atom. The van der Waals surface area contributed by atoms with Crippen molar-refractivity contribution in [3.05, 3.63) is 29.8 Å². The summed E-state index contributed by atoms with van der Waals surface area (Å²) >= 11 is 5.87. The van der Waals surface area contributed by atoms with Crippen LogP contribution in [0.3, 0.4) is 0 Å². The highest BCUT2D eigenvalue weighted by molar-refractivity contribution is 7.93. The molecule has 90 valence electrons. The first-order valence-corrected chi connectivity index (χ1v) is 6.85. The maximum absolute atomic E-state index is 11.4. The first-order valence-electron chi connectivity index (χ1n) is 4.58. The lowest BCUT2D eigenvalue weighted by Crippen LogP contribution is -2.35. The van der Waals surface area contributed by atoms with Gasteiger partial charge in [0.25, 0.3) is 0 Å². The van der Waals surface area contributed by atoms with E-state index in [0.29, 0.717) is 11.3 Å². The van der Waals surface area contributed by atoms with E-state index in [4.69, 9.17) is 17.3 Å². The number of aliphatic hydroxyl groups excluding tert-OH is 1. The van der Waals surface area contributed by atoms with Crippen LogP contribution < -0.4 is 5.73 Å². The molecular formula is C10H14ClNO3S. The van der Waals surface area contributed by atoms with Gasteiger partial charge in [-0.15, -0.1) is 0 Å². The molecule has 2 atom stereocenters. The molecule has 0 unspecified atom stereocenters. The summed E-state index contributed by atoms with van der Waals surface area (Å²) < 4.78 is 21.1. The number of alkyl halides is 1. The lowest BCUT2D eigenvalue weighted by atomic mass is 10.1. The molecule has 1 aromatic carbocycles. The Morgan fingerprint density at radius 3 is 2.50 bits per heavy atom. The van der Waals surface area contributed by atoms with Crippen LogP contribution >= 0.6 is 11.6 Å². The van der Waals surface area contributed by atoms with Crippen LogP contribution in [0.15, 0.2) is 24.3 Å². The highest BCUT2D eigenvalue weighted by atomic mass is 35.5. The summed E-state index contributed by atoms with van der Waals surface area (Å²) in [6.45, 7) is 1.26. The van der Waals surface area contributed by atoms with Crippen LogP contribution in [0.1, 0.15) is 18.6 Å². The van der Waals surface area contributed by atoms with Crippen molar-refractivity contribution in [2.75, 3.05) is 12.0 Å². The molecule has 3 N–H and O–H groups in total. The average molecular weight is 264 g/mol. The fraction of sp³-hybridized carbons (Fsp3) is 0.400. The van der Waals surface area contributed by atoms with Gasteiger partial charge in [-0.25, -0.2) is 8.42 Å². The quantitative estimate of drug-likeness (QED) is 0.636. The molecule has 0 fully saturated rings. The standard InChI is InChI=1S/C10H14ClNO3S/c1-10(11,16(2,14)15)9(13)7-4-3-5-8(12)6-7/h3-6,9,13H,12H2,1-2H3/t9-,10+/m0/s1. The van der Waals surface area contributed by atoms with Crippen LogP contribution in [0, 0.1) is 0 Å². The van der Waals surface area contributed by atoms with Crippen molar-refractivity contribution < 1.29 is 13.5 Å². The second-order valence-electron chi connectivity index (χ2n) is 3.83. The number of benzene rings is 1. The van der Waals surface area contributed by atoms with Gasteiger partial charge >= 0.3 is 0 Å². The van der Waals surface area contributed by atoms with Gasteiger partial charge in [0.05, 0.1) is 0 Å². The fourth-order valence-corrected chi connectivity index (χ4v) is 1.90. The third kappa shape index (κ3) is 2.48. The number of nitrogen functional groups attached to an aromatic ring is 1. The Balaban J connectivity index is 3.17. The molecule has 0 bridgehead atoms. The Morgan fingerprint density at radius 1 is 1.50 bits per heavy atom. The maximum atomic E-state index is 11.4. The van der Waals surface area contributed by atoms with Crippen LogP contribution in [-0.4, -0.2) is 24.0 Å². The molecular weight excluding hydrogens is 250 g/mol. The monoisotopic (exact) mass is 263 g/mol. The highest BCUT2D eigenvalue weighted by Gasteiger charge is 2.41. The summed E-state index contributed by atoms with van der Waals surface area (Å²) in [4.78, 5) is 0. The van der Waals surface area contributed by atoms with Crippen molar-refractivity contribution in [3.63, 3.8) is 0 Å². The van der Waals surface area contributed by atoms with E-state index in [-0.39, 0.29) is 0 Å². The van der Waals surface area contributed by atoms with E-state index in [1.165, 1.54) is 13.0 Å². The van der Waals surface area contributed by atoms with Gasteiger partial charge in [-0.2, -0.15) is 0 Å². The zero-order valence-corrected chi connectivity index (χ0v) is 10.6. The molecule has 0 aliphatic carbocycles. The van der Waals surface area contributed by atoms with E-state index in [1.54, 1.807) is 18.2 Å². The minimum Gasteiger partial charge on any atom is -0.399 e. The molecule has 0 amide bonds. The Kier molecular flexibility index (Phi) is 3.52. The predicted molar refractivity (Wildman–Crippen MR) is 64.9 cm³/mol. The number of sulfone groups is 1. The molecule has 0 aromatic heterocycles. The maximum Gasteiger partial charge on any atom is 0.172 e. The first-order chi connectivity index (χ1) is 7.16. The topological polar surface area (TPSA) is 80.4 Å². The van der Waals surface area contributed by atoms with Crippen LogP contribution in [0.5, 0.6) is 0 Å². The van der Waals surface area contributed by atoms with Gasteiger partial charge in [0.1, 0.15) is 6.10 Å². The second-order valence-corrected chi connectivity index (χ2v) is 7.23. The smallest absolute Gasteiger partial charge is 0.172 e. The van der Waals surface area contributed by atoms with Crippen LogP contribution in [0.4, 0.5) is 5.69 Å². The van der Waals surface area contributed by atoms with Crippen molar-refractivity contribution in [2.24, 2.45) is 0 Å². The number of anilines is 1. The van der Waals surface area contributed by atoms with Crippen molar-refractivity contribution in [3.8, 4) is 0 Å². The number of nitrogens with two attached hydrogens (primary N) is 1. The molecule has 0 aliphatic rings. The Labute approximate surface area is 100.0 Å². The van der Waals surface area contributed by atoms with Crippen LogP contribution in [0.25, 0.3) is 0 Å². The van der Waals surface area contributed by atoms with Gasteiger partial charge < -0.3 is 10.8 Å². The molecule has 16 heavy (non-hydrogen) atoms. The summed E-state index contributed by atoms with van der Waals surface area (Å²) in [5, 5.41) is 9.94. The Bertz CT molecular complexity index is 485. The third-order valence-corrected chi connectivity index (χ3v) is 5.16. The molecule has 1 rings (SSSR count). The molecule has 0 heterocycles. The normalized spacial score (nSPS) is 17.8. The molecule has 0 saturated carbocycles. The van der Waals surface area contributed by atoms with Gasteiger partial charge in [-0.3, -0.25) is 0 Å². The molecule has 4 nitrogen and oxygen atoms in total. The third-order valence-electron chi connectivity index (χ3n) is 2.44. The summed E-state index contributed by atoms with van der Waals surface area (Å²) in [5.74, 6) is 0. The van der Waals surface area contributed by atoms with Crippen molar-refractivity contribution in [2.45, 2.75) is 17.2 Å². The predicted octanol–water partition coefficient (Wildman–Crippen LogP) is 1.30. The lowest BCUT2D eigenvalue weighted by molar-refractivity contribution is 0.163. The number of halogens is 1. The van der Waals surface area contributed by atoms with Gasteiger partial charge in [-0.05, 0) is 24.6 Å². The minimum atomic E-state index is -3.59. The largest absolute Gasteiger partial charge is 0.399 e. The van der Waals surface area contributed by atoms with Crippen LogP contribution in [0.2, 0.25) is 0 Å². The average Bonchev–Trinajstić information content (AvgIpc) is 2.14. The number of aliphatic hydroxyl groups is 1. The molecule has 0 saturated heterocycles. The Hall–Kier alpha value is -0.780. The molecule has 0 spiro atoms. The van der Waals surface area contributed by atoms with Gasteiger partial charge in [0.15, 0.2) is 14.0 Å². The van der Waals surface area contributed by atoms with Gasteiger partial charge in [-0.1, -0.05) is 23.7 Å². The van der Waals surface area contributed by atoms with Crippen molar-refractivity contribution in [1.29, 1.82) is 0 Å². The summed E-state index contributed by atoms with van der Waals surface area (Å²) in [6.07, 6.45) is -0.345. The lowest BCUT2D eigenvalue weighted by Gasteiger charge is -2.26. The first kappa shape index (κ1) is 13.3. The molecule has 0 radical (unpaired) electrons. The van der Waals surface area contributed by atoms with Crippen molar-refractivity contribution >= 4 is 27.1 Å². The van der Waals surface area contributed by atoms with E-state index < -0.39 is 20.1 Å². The number of hydrogen-bond acceptors (Lipinski definition) is 4. The summed E-state index contributed by atoms with van der Waals surface area (Å²) in [7, 11) is -3.59. The van der Waals surface area contributed by atoms with E-state index in [1.807, 2.05) is 0 Å². The van der Waals surface area contributed by atoms with E-state index >= 15 is 0 Å². The SMILES string of the molecule is C[C@](Cl)([C@@H](O)c1cccc(N)c1)S(C)(=O)=O. The summed E-state index contributed by atoms with van der Waals surface area (Å²) in [6, 6.07) is 6.34. The fourth-order valence-electron chi connectivity index (χ4n) is 1.23. The van der Waals surface area contributed by atoms with Crippen LogP contribution in [-0.2, 0) is 9.84 Å². The van der Waals surface area contributed by atoms with E-state index in [9.17, 15) is 13.5 Å². The molecule has 0 aliphatic heterocycles. The number of rotatable bonds is 3. The molecule has 6 heteroatoms. The zero-order valence-electron chi connectivity index (χ0n) is 9.01. The zero-order chi connectivity index (χ0) is 12.6. The summed E-state index contributed by atoms with van der Waals surface area (Å²) in [5.41, 5.74) is 6.36. The minimum absolute atomic E-state index is 0.378. The van der Waals surface area contributed by atoms with Crippen molar-refractivity contribution in [1.82, 2.24) is 0 Å². The van der Waals surface area contributed by atoms with E-state index in [2.05, 4.69) is 0 Å².